The summed E-state index contributed by atoms with van der Waals surface area (Å²) >= 11 is 0. The second-order valence-corrected chi connectivity index (χ2v) is 5.53. The van der Waals surface area contributed by atoms with Gasteiger partial charge in [-0.1, -0.05) is 18.2 Å². The van der Waals surface area contributed by atoms with E-state index in [0.717, 1.165) is 34.4 Å². The number of benzene rings is 1. The van der Waals surface area contributed by atoms with Gasteiger partial charge < -0.3 is 5.32 Å². The highest BCUT2D eigenvalue weighted by Crippen LogP contribution is 2.37. The van der Waals surface area contributed by atoms with Crippen molar-refractivity contribution in [2.24, 2.45) is 0 Å². The Labute approximate surface area is 128 Å². The maximum atomic E-state index is 12.1. The summed E-state index contributed by atoms with van der Waals surface area (Å²) in [6, 6.07) is 10.1. The minimum absolute atomic E-state index is 0.0150. The van der Waals surface area contributed by atoms with Crippen molar-refractivity contribution < 1.29 is 4.79 Å². The van der Waals surface area contributed by atoms with Crippen molar-refractivity contribution in [1.29, 1.82) is 0 Å². The number of carbonyl (C=O) groups excluding carboxylic acids is 1. The van der Waals surface area contributed by atoms with E-state index in [1.807, 2.05) is 48.3 Å². The average molecular weight is 292 g/mol. The third-order valence-corrected chi connectivity index (χ3v) is 4.20. The summed E-state index contributed by atoms with van der Waals surface area (Å²) in [6.45, 7) is 2.75. The molecule has 0 fully saturated rings. The van der Waals surface area contributed by atoms with E-state index in [1.54, 1.807) is 0 Å². The molecule has 0 aliphatic carbocycles. The van der Waals surface area contributed by atoms with Crippen molar-refractivity contribution in [2.45, 2.75) is 25.8 Å². The normalized spacial score (nSPS) is 17.3. The molecule has 4 rings (SSSR count). The average Bonchev–Trinajstić information content (AvgIpc) is 2.96. The zero-order valence-electron chi connectivity index (χ0n) is 12.3. The molecule has 5 nitrogen and oxygen atoms in total. The number of nitrogens with zero attached hydrogens (tertiary/aromatic N) is 3. The van der Waals surface area contributed by atoms with E-state index in [1.165, 1.54) is 0 Å². The van der Waals surface area contributed by atoms with E-state index in [-0.39, 0.29) is 11.8 Å². The minimum atomic E-state index is 0.0150. The van der Waals surface area contributed by atoms with Crippen molar-refractivity contribution in [1.82, 2.24) is 14.8 Å². The number of amides is 1. The first-order valence-electron chi connectivity index (χ1n) is 7.46. The summed E-state index contributed by atoms with van der Waals surface area (Å²) in [5.74, 6) is 0.860. The van der Waals surface area contributed by atoms with E-state index in [9.17, 15) is 4.79 Å². The van der Waals surface area contributed by atoms with Crippen LogP contribution in [0.15, 0.2) is 42.7 Å². The van der Waals surface area contributed by atoms with Gasteiger partial charge in [0.25, 0.3) is 0 Å². The van der Waals surface area contributed by atoms with E-state index >= 15 is 0 Å². The lowest BCUT2D eigenvalue weighted by Crippen LogP contribution is -2.24. The van der Waals surface area contributed by atoms with Crippen molar-refractivity contribution in [3.05, 3.63) is 53.9 Å². The third kappa shape index (κ3) is 1.97. The van der Waals surface area contributed by atoms with Crippen molar-refractivity contribution in [3.63, 3.8) is 0 Å². The van der Waals surface area contributed by atoms with Crippen molar-refractivity contribution >= 4 is 22.6 Å². The second-order valence-electron chi connectivity index (χ2n) is 5.53. The van der Waals surface area contributed by atoms with Gasteiger partial charge in [-0.05, 0) is 24.6 Å². The summed E-state index contributed by atoms with van der Waals surface area (Å²) in [4.78, 5) is 16.6. The van der Waals surface area contributed by atoms with Crippen LogP contribution in [0.2, 0.25) is 0 Å². The van der Waals surface area contributed by atoms with Crippen LogP contribution in [0.4, 0.5) is 5.82 Å². The Kier molecular flexibility index (Phi) is 2.92. The van der Waals surface area contributed by atoms with Crippen LogP contribution in [0.25, 0.3) is 10.9 Å². The molecule has 1 atom stereocenters. The molecule has 1 unspecified atom stereocenters. The quantitative estimate of drug-likeness (QED) is 0.790. The molecule has 1 aromatic carbocycles. The molecule has 0 bridgehead atoms. The van der Waals surface area contributed by atoms with Gasteiger partial charge in [-0.2, -0.15) is 5.10 Å². The first kappa shape index (κ1) is 13.0. The van der Waals surface area contributed by atoms with Crippen LogP contribution in [0.1, 0.15) is 30.4 Å². The molecule has 1 aliphatic heterocycles. The Bertz CT molecular complexity index is 868. The first-order chi connectivity index (χ1) is 10.8. The third-order valence-electron chi connectivity index (χ3n) is 4.20. The number of hydrogen-bond donors (Lipinski definition) is 1. The SMILES string of the molecule is CCn1ncc2c1NC(=O)CC2c1cnc2ccccc2c1. The van der Waals surface area contributed by atoms with E-state index in [4.69, 9.17) is 0 Å². The number of carbonyl (C=O) groups is 1. The fourth-order valence-corrected chi connectivity index (χ4v) is 3.09. The maximum Gasteiger partial charge on any atom is 0.226 e. The Hall–Kier alpha value is -2.69. The highest BCUT2D eigenvalue weighted by atomic mass is 16.1. The smallest absolute Gasteiger partial charge is 0.226 e. The predicted molar refractivity (Wildman–Crippen MR) is 84.7 cm³/mol. The molecule has 0 spiro atoms. The van der Waals surface area contributed by atoms with Crippen LogP contribution in [0.3, 0.4) is 0 Å². The number of fused-ring (bicyclic) bond motifs is 2. The predicted octanol–water partition coefficient (Wildman–Crippen LogP) is 2.93. The van der Waals surface area contributed by atoms with Gasteiger partial charge in [-0.3, -0.25) is 9.78 Å². The molecular formula is C17H16N4O. The van der Waals surface area contributed by atoms with Gasteiger partial charge in [0.2, 0.25) is 5.91 Å². The van der Waals surface area contributed by atoms with Gasteiger partial charge in [-0.15, -0.1) is 0 Å². The highest BCUT2D eigenvalue weighted by molar-refractivity contribution is 5.94. The van der Waals surface area contributed by atoms with Gasteiger partial charge in [-0.25, -0.2) is 4.68 Å². The van der Waals surface area contributed by atoms with Crippen LogP contribution in [0.5, 0.6) is 0 Å². The van der Waals surface area contributed by atoms with Crippen LogP contribution < -0.4 is 5.32 Å². The molecule has 1 aliphatic rings. The molecule has 0 saturated heterocycles. The van der Waals surface area contributed by atoms with Crippen molar-refractivity contribution in [2.75, 3.05) is 5.32 Å². The fraction of sp³-hybridized carbons (Fsp3) is 0.235. The largest absolute Gasteiger partial charge is 0.311 e. The zero-order valence-corrected chi connectivity index (χ0v) is 12.3. The monoisotopic (exact) mass is 292 g/mol. The number of rotatable bonds is 2. The highest BCUT2D eigenvalue weighted by Gasteiger charge is 2.29. The Balaban J connectivity index is 1.84. The standard InChI is InChI=1S/C17H16N4O/c1-2-21-17-14(10-19-21)13(8-16(22)20-17)12-7-11-5-3-4-6-15(11)18-9-12/h3-7,9-10,13H,2,8H2,1H3,(H,20,22). The fourth-order valence-electron chi connectivity index (χ4n) is 3.09. The number of pyridine rings is 1. The minimum Gasteiger partial charge on any atom is -0.311 e. The summed E-state index contributed by atoms with van der Waals surface area (Å²) in [6.07, 6.45) is 4.17. The molecule has 22 heavy (non-hydrogen) atoms. The molecule has 5 heteroatoms. The number of para-hydroxylation sites is 1. The van der Waals surface area contributed by atoms with Crippen molar-refractivity contribution in [3.8, 4) is 0 Å². The summed E-state index contributed by atoms with van der Waals surface area (Å²) in [5.41, 5.74) is 3.10. The number of anilines is 1. The van der Waals surface area contributed by atoms with Crippen LogP contribution >= 0.6 is 0 Å². The lowest BCUT2D eigenvalue weighted by Gasteiger charge is -2.23. The molecule has 2 aromatic heterocycles. The van der Waals surface area contributed by atoms with E-state index in [2.05, 4.69) is 21.5 Å². The van der Waals surface area contributed by atoms with Gasteiger partial charge in [0.05, 0.1) is 11.7 Å². The van der Waals surface area contributed by atoms with Gasteiger partial charge in [0.1, 0.15) is 5.82 Å². The Morgan fingerprint density at radius 3 is 3.05 bits per heavy atom. The summed E-state index contributed by atoms with van der Waals surface area (Å²) in [5, 5.41) is 8.40. The number of hydrogen-bond acceptors (Lipinski definition) is 3. The van der Waals surface area contributed by atoms with Gasteiger partial charge >= 0.3 is 0 Å². The second kappa shape index (κ2) is 4.94. The topological polar surface area (TPSA) is 59.8 Å². The molecule has 0 saturated carbocycles. The summed E-state index contributed by atoms with van der Waals surface area (Å²) < 4.78 is 1.83. The molecule has 3 aromatic rings. The Morgan fingerprint density at radius 2 is 2.18 bits per heavy atom. The maximum absolute atomic E-state index is 12.1. The van der Waals surface area contributed by atoms with Crippen LogP contribution in [-0.2, 0) is 11.3 Å². The number of aryl methyl sites for hydroxylation is 1. The molecule has 1 N–H and O–H groups in total. The molecule has 1 amide bonds. The van der Waals surface area contributed by atoms with E-state index in [0.29, 0.717) is 6.42 Å². The lowest BCUT2D eigenvalue weighted by atomic mass is 9.88. The molecule has 3 heterocycles. The van der Waals surface area contributed by atoms with Crippen LogP contribution in [-0.4, -0.2) is 20.7 Å². The van der Waals surface area contributed by atoms with Crippen LogP contribution in [0, 0.1) is 0 Å². The zero-order chi connectivity index (χ0) is 15.1. The van der Waals surface area contributed by atoms with Gasteiger partial charge in [0, 0.05) is 36.0 Å². The molecular weight excluding hydrogens is 276 g/mol. The summed E-state index contributed by atoms with van der Waals surface area (Å²) in [7, 11) is 0. The molecule has 0 radical (unpaired) electrons. The number of nitrogens with one attached hydrogen (secondary N) is 1. The Morgan fingerprint density at radius 1 is 1.32 bits per heavy atom. The number of aromatic nitrogens is 3. The first-order valence-corrected chi connectivity index (χ1v) is 7.46. The van der Waals surface area contributed by atoms with Gasteiger partial charge in [0.15, 0.2) is 0 Å². The molecule has 110 valence electrons. The lowest BCUT2D eigenvalue weighted by molar-refractivity contribution is -0.116. The van der Waals surface area contributed by atoms with E-state index < -0.39 is 0 Å².